The second-order valence-electron chi connectivity index (χ2n) is 6.69. The number of aromatic nitrogens is 5. The average molecular weight is 369 g/mol. The van der Waals surface area contributed by atoms with Gasteiger partial charge in [-0.15, -0.1) is 11.3 Å². The zero-order valence-corrected chi connectivity index (χ0v) is 15.9. The molecule has 3 aromatic rings. The van der Waals surface area contributed by atoms with Crippen LogP contribution in [0.3, 0.4) is 0 Å². The number of nitrogens with zero attached hydrogens (tertiary/aromatic N) is 6. The minimum atomic E-state index is 0.308. The SMILES string of the molecule is Cc1nc(Nc2nccs2)cc(C2CCCCN2Cc2cnn(C)c2)n1. The molecule has 26 heavy (non-hydrogen) atoms. The quantitative estimate of drug-likeness (QED) is 0.743. The van der Waals surface area contributed by atoms with Crippen LogP contribution in [0.1, 0.15) is 42.4 Å². The van der Waals surface area contributed by atoms with Crippen LogP contribution in [0.5, 0.6) is 0 Å². The lowest BCUT2D eigenvalue weighted by molar-refractivity contribution is 0.137. The van der Waals surface area contributed by atoms with E-state index in [1.165, 1.54) is 18.4 Å². The van der Waals surface area contributed by atoms with E-state index in [2.05, 4.69) is 37.5 Å². The summed E-state index contributed by atoms with van der Waals surface area (Å²) < 4.78 is 1.86. The van der Waals surface area contributed by atoms with Gasteiger partial charge in [0.1, 0.15) is 11.6 Å². The Bertz CT molecular complexity index is 858. The van der Waals surface area contributed by atoms with Crippen molar-refractivity contribution in [3.8, 4) is 0 Å². The predicted molar refractivity (Wildman–Crippen MR) is 102 cm³/mol. The first-order valence-corrected chi connectivity index (χ1v) is 9.79. The summed E-state index contributed by atoms with van der Waals surface area (Å²) in [5, 5.41) is 10.4. The van der Waals surface area contributed by atoms with Crippen molar-refractivity contribution in [1.29, 1.82) is 0 Å². The number of hydrogen-bond donors (Lipinski definition) is 1. The molecule has 1 aliphatic heterocycles. The van der Waals surface area contributed by atoms with E-state index in [0.29, 0.717) is 6.04 Å². The Morgan fingerprint density at radius 3 is 3.00 bits per heavy atom. The monoisotopic (exact) mass is 369 g/mol. The lowest BCUT2D eigenvalue weighted by atomic mass is 9.98. The largest absolute Gasteiger partial charge is 0.316 e. The van der Waals surface area contributed by atoms with Crippen molar-refractivity contribution in [2.45, 2.75) is 38.8 Å². The highest BCUT2D eigenvalue weighted by molar-refractivity contribution is 7.13. The van der Waals surface area contributed by atoms with Crippen molar-refractivity contribution in [1.82, 2.24) is 29.6 Å². The molecular formula is C18H23N7S. The fourth-order valence-corrected chi connectivity index (χ4v) is 4.06. The van der Waals surface area contributed by atoms with Gasteiger partial charge in [-0.2, -0.15) is 5.10 Å². The average Bonchev–Trinajstić information content (AvgIpc) is 3.27. The topological polar surface area (TPSA) is 71.8 Å². The Balaban J connectivity index is 1.58. The molecule has 0 radical (unpaired) electrons. The van der Waals surface area contributed by atoms with Crippen molar-refractivity contribution in [2.75, 3.05) is 11.9 Å². The van der Waals surface area contributed by atoms with E-state index in [9.17, 15) is 0 Å². The van der Waals surface area contributed by atoms with Crippen molar-refractivity contribution in [3.63, 3.8) is 0 Å². The van der Waals surface area contributed by atoms with Gasteiger partial charge in [0.05, 0.1) is 17.9 Å². The van der Waals surface area contributed by atoms with Gasteiger partial charge in [-0.05, 0) is 26.3 Å². The molecule has 0 bridgehead atoms. The molecule has 1 atom stereocenters. The van der Waals surface area contributed by atoms with Gasteiger partial charge in [0.15, 0.2) is 5.13 Å². The Labute approximate surface area is 157 Å². The summed E-state index contributed by atoms with van der Waals surface area (Å²) in [7, 11) is 1.96. The molecule has 1 aliphatic rings. The summed E-state index contributed by atoms with van der Waals surface area (Å²) in [5.74, 6) is 1.60. The molecule has 1 unspecified atom stereocenters. The van der Waals surface area contributed by atoms with Gasteiger partial charge in [-0.25, -0.2) is 15.0 Å². The van der Waals surface area contributed by atoms with Crippen molar-refractivity contribution in [2.24, 2.45) is 7.05 Å². The highest BCUT2D eigenvalue weighted by atomic mass is 32.1. The van der Waals surface area contributed by atoms with Crippen LogP contribution in [-0.4, -0.2) is 36.2 Å². The number of anilines is 2. The standard InChI is InChI=1S/C18H23N7S/c1-13-21-15(9-17(22-13)23-18-19-6-8-26-18)16-5-3-4-7-25(16)12-14-10-20-24(2)11-14/h6,8-11,16H,3-5,7,12H2,1-2H3,(H,19,21,22,23). The number of rotatable bonds is 5. The third kappa shape index (κ3) is 3.91. The maximum absolute atomic E-state index is 4.75. The molecule has 136 valence electrons. The van der Waals surface area contributed by atoms with Crippen molar-refractivity contribution >= 4 is 22.3 Å². The van der Waals surface area contributed by atoms with Gasteiger partial charge in [0.25, 0.3) is 0 Å². The van der Waals surface area contributed by atoms with Gasteiger partial charge in [-0.1, -0.05) is 6.42 Å². The minimum absolute atomic E-state index is 0.308. The van der Waals surface area contributed by atoms with Gasteiger partial charge in [0, 0.05) is 43.0 Å². The van der Waals surface area contributed by atoms with E-state index in [4.69, 9.17) is 4.98 Å². The van der Waals surface area contributed by atoms with Gasteiger partial charge >= 0.3 is 0 Å². The molecule has 3 aromatic heterocycles. The van der Waals surface area contributed by atoms with Crippen LogP contribution in [0, 0.1) is 6.92 Å². The Morgan fingerprint density at radius 2 is 2.23 bits per heavy atom. The van der Waals surface area contributed by atoms with Gasteiger partial charge in [0.2, 0.25) is 0 Å². The van der Waals surface area contributed by atoms with Crippen LogP contribution >= 0.6 is 11.3 Å². The molecule has 1 saturated heterocycles. The zero-order valence-electron chi connectivity index (χ0n) is 15.1. The first-order chi connectivity index (χ1) is 12.7. The van der Waals surface area contributed by atoms with Crippen LogP contribution in [0.2, 0.25) is 0 Å². The van der Waals surface area contributed by atoms with E-state index in [1.54, 1.807) is 17.5 Å². The van der Waals surface area contributed by atoms with E-state index in [0.717, 1.165) is 42.0 Å². The number of nitrogens with one attached hydrogen (secondary N) is 1. The Morgan fingerprint density at radius 1 is 1.31 bits per heavy atom. The maximum atomic E-state index is 4.75. The van der Waals surface area contributed by atoms with Crippen LogP contribution < -0.4 is 5.32 Å². The highest BCUT2D eigenvalue weighted by Crippen LogP contribution is 2.32. The molecule has 8 heteroatoms. The van der Waals surface area contributed by atoms with Crippen LogP contribution in [0.15, 0.2) is 30.0 Å². The molecule has 4 rings (SSSR count). The predicted octanol–water partition coefficient (Wildman–Crippen LogP) is 3.45. The summed E-state index contributed by atoms with van der Waals surface area (Å²) in [5.41, 5.74) is 2.33. The number of piperidine rings is 1. The second-order valence-corrected chi connectivity index (χ2v) is 7.59. The minimum Gasteiger partial charge on any atom is -0.316 e. The molecule has 0 saturated carbocycles. The molecule has 0 aliphatic carbocycles. The van der Waals surface area contributed by atoms with Gasteiger partial charge < -0.3 is 5.32 Å². The summed E-state index contributed by atoms with van der Waals surface area (Å²) >= 11 is 1.57. The third-order valence-electron chi connectivity index (χ3n) is 4.62. The molecule has 0 spiro atoms. The first kappa shape index (κ1) is 17.1. The van der Waals surface area contributed by atoms with Crippen LogP contribution in [-0.2, 0) is 13.6 Å². The number of aryl methyl sites for hydroxylation is 2. The number of hydrogen-bond acceptors (Lipinski definition) is 7. The molecular weight excluding hydrogens is 346 g/mol. The Kier molecular flexibility index (Phi) is 4.94. The zero-order chi connectivity index (χ0) is 17.9. The Hall–Kier alpha value is -2.32. The summed E-state index contributed by atoms with van der Waals surface area (Å²) in [4.78, 5) is 16.1. The fraction of sp³-hybridized carbons (Fsp3) is 0.444. The highest BCUT2D eigenvalue weighted by Gasteiger charge is 2.26. The van der Waals surface area contributed by atoms with E-state index >= 15 is 0 Å². The van der Waals surface area contributed by atoms with Crippen LogP contribution in [0.4, 0.5) is 10.9 Å². The van der Waals surface area contributed by atoms with Crippen molar-refractivity contribution in [3.05, 3.63) is 47.1 Å². The smallest absolute Gasteiger partial charge is 0.188 e. The molecule has 7 nitrogen and oxygen atoms in total. The summed E-state index contributed by atoms with van der Waals surface area (Å²) in [6.07, 6.45) is 9.41. The summed E-state index contributed by atoms with van der Waals surface area (Å²) in [6.45, 7) is 3.93. The first-order valence-electron chi connectivity index (χ1n) is 8.91. The molecule has 0 aromatic carbocycles. The lowest BCUT2D eigenvalue weighted by Crippen LogP contribution is -2.33. The number of likely N-dealkylation sites (tertiary alicyclic amines) is 1. The van der Waals surface area contributed by atoms with E-state index < -0.39 is 0 Å². The number of thiazole rings is 1. The maximum Gasteiger partial charge on any atom is 0.188 e. The molecule has 0 amide bonds. The van der Waals surface area contributed by atoms with E-state index in [1.807, 2.05) is 30.2 Å². The lowest BCUT2D eigenvalue weighted by Gasteiger charge is -2.35. The summed E-state index contributed by atoms with van der Waals surface area (Å²) in [6, 6.07) is 2.38. The second kappa shape index (κ2) is 7.51. The molecule has 4 heterocycles. The van der Waals surface area contributed by atoms with Crippen molar-refractivity contribution < 1.29 is 0 Å². The van der Waals surface area contributed by atoms with Crippen LogP contribution in [0.25, 0.3) is 0 Å². The fourth-order valence-electron chi connectivity index (χ4n) is 3.52. The van der Waals surface area contributed by atoms with Gasteiger partial charge in [-0.3, -0.25) is 9.58 Å². The normalized spacial score (nSPS) is 18.2. The molecule has 1 fully saturated rings. The third-order valence-corrected chi connectivity index (χ3v) is 5.31. The molecule has 1 N–H and O–H groups in total. The van der Waals surface area contributed by atoms with E-state index in [-0.39, 0.29) is 0 Å².